The topological polar surface area (TPSA) is 55.1 Å². The minimum Gasteiger partial charge on any atom is -0.346 e. The molecule has 1 atom stereocenters. The molecule has 1 amide bonds. The summed E-state index contributed by atoms with van der Waals surface area (Å²) in [6.45, 7) is 0.491. The Morgan fingerprint density at radius 2 is 2.14 bits per heavy atom. The molecule has 3 nitrogen and oxygen atoms in total. The molecule has 0 saturated carbocycles. The summed E-state index contributed by atoms with van der Waals surface area (Å²) in [5.74, 6) is -0.0511. The summed E-state index contributed by atoms with van der Waals surface area (Å²) < 4.78 is 34.9. The van der Waals surface area contributed by atoms with Gasteiger partial charge in [0.25, 0.3) is 0 Å². The Balaban J connectivity index is 3.47. The summed E-state index contributed by atoms with van der Waals surface area (Å²) in [6.07, 6.45) is -4.35. The number of carbonyl (C=O) groups excluding carboxylic acids is 1. The molecule has 0 radical (unpaired) electrons. The Morgan fingerprint density at radius 1 is 1.57 bits per heavy atom. The van der Waals surface area contributed by atoms with Crippen molar-refractivity contribution in [3.05, 3.63) is 0 Å². The van der Waals surface area contributed by atoms with Gasteiger partial charge in [-0.05, 0) is 6.92 Å². The summed E-state index contributed by atoms with van der Waals surface area (Å²) in [7, 11) is 0. The first-order chi connectivity index (χ1) is 6.31. The van der Waals surface area contributed by atoms with Gasteiger partial charge >= 0.3 is 6.18 Å². The van der Waals surface area contributed by atoms with Crippen molar-refractivity contribution >= 4 is 17.7 Å². The van der Waals surface area contributed by atoms with Crippen LogP contribution in [0.2, 0.25) is 0 Å². The third-order valence-electron chi connectivity index (χ3n) is 1.10. The maximum Gasteiger partial charge on any atom is 0.405 e. The van der Waals surface area contributed by atoms with E-state index in [-0.39, 0.29) is 11.8 Å². The zero-order valence-electron chi connectivity index (χ0n) is 7.73. The van der Waals surface area contributed by atoms with Crippen LogP contribution in [-0.2, 0) is 4.79 Å². The van der Waals surface area contributed by atoms with Crippen LogP contribution in [0.15, 0.2) is 0 Å². The van der Waals surface area contributed by atoms with Gasteiger partial charge in [-0.3, -0.25) is 4.79 Å². The van der Waals surface area contributed by atoms with E-state index in [4.69, 9.17) is 5.73 Å². The maximum absolute atomic E-state index is 11.6. The Hall–Kier alpha value is -0.430. The van der Waals surface area contributed by atoms with Crippen molar-refractivity contribution in [2.24, 2.45) is 5.73 Å². The monoisotopic (exact) mass is 230 g/mol. The molecule has 0 aromatic rings. The van der Waals surface area contributed by atoms with Crippen LogP contribution in [0.4, 0.5) is 13.2 Å². The first kappa shape index (κ1) is 13.6. The van der Waals surface area contributed by atoms with E-state index >= 15 is 0 Å². The van der Waals surface area contributed by atoms with Gasteiger partial charge in [-0.1, -0.05) is 0 Å². The fourth-order valence-corrected chi connectivity index (χ4v) is 1.36. The fraction of sp³-hybridized carbons (Fsp3) is 0.857. The lowest BCUT2D eigenvalue weighted by atomic mass is 10.4. The molecular formula is C7H13F3N2OS. The van der Waals surface area contributed by atoms with Crippen LogP contribution < -0.4 is 11.1 Å². The molecule has 7 heteroatoms. The van der Waals surface area contributed by atoms with Crippen molar-refractivity contribution in [1.29, 1.82) is 0 Å². The van der Waals surface area contributed by atoms with E-state index in [9.17, 15) is 18.0 Å². The van der Waals surface area contributed by atoms with Crippen LogP contribution in [0.25, 0.3) is 0 Å². The first-order valence-electron chi connectivity index (χ1n) is 3.98. The zero-order valence-corrected chi connectivity index (χ0v) is 8.54. The first-order valence-corrected chi connectivity index (χ1v) is 5.13. The number of hydrogen-bond donors (Lipinski definition) is 2. The second kappa shape index (κ2) is 6.13. The molecule has 0 aliphatic heterocycles. The van der Waals surface area contributed by atoms with E-state index in [1.54, 1.807) is 12.2 Å². The van der Waals surface area contributed by atoms with Gasteiger partial charge in [-0.2, -0.15) is 24.9 Å². The molecule has 0 fully saturated rings. The van der Waals surface area contributed by atoms with E-state index in [1.807, 2.05) is 0 Å². The van der Waals surface area contributed by atoms with Crippen LogP contribution >= 0.6 is 11.8 Å². The van der Waals surface area contributed by atoms with Crippen molar-refractivity contribution < 1.29 is 18.0 Å². The summed E-state index contributed by atoms with van der Waals surface area (Å²) in [5.41, 5.74) is 5.39. The molecule has 0 aromatic carbocycles. The van der Waals surface area contributed by atoms with E-state index in [2.05, 4.69) is 0 Å². The molecule has 0 aliphatic carbocycles. The van der Waals surface area contributed by atoms with Crippen LogP contribution in [0.3, 0.4) is 0 Å². The maximum atomic E-state index is 11.6. The minimum atomic E-state index is -4.35. The van der Waals surface area contributed by atoms with Gasteiger partial charge in [0.05, 0.1) is 5.75 Å². The lowest BCUT2D eigenvalue weighted by molar-refractivity contribution is -0.136. The largest absolute Gasteiger partial charge is 0.405 e. The third kappa shape index (κ3) is 9.66. The molecule has 3 N–H and O–H groups in total. The van der Waals surface area contributed by atoms with Crippen molar-refractivity contribution in [3.8, 4) is 0 Å². The number of carbonyl (C=O) groups is 1. The third-order valence-corrected chi connectivity index (χ3v) is 2.33. The average molecular weight is 230 g/mol. The van der Waals surface area contributed by atoms with E-state index in [1.165, 1.54) is 11.8 Å². The number of nitrogens with two attached hydrogens (primary N) is 1. The molecule has 1 unspecified atom stereocenters. The van der Waals surface area contributed by atoms with Crippen LogP contribution in [0.1, 0.15) is 6.92 Å². The van der Waals surface area contributed by atoms with Gasteiger partial charge in [-0.25, -0.2) is 0 Å². The molecule has 0 aliphatic rings. The second-order valence-corrected chi connectivity index (χ2v) is 3.91. The molecule has 84 valence electrons. The molecule has 0 rings (SSSR count). The summed E-state index contributed by atoms with van der Waals surface area (Å²) in [5, 5.41) is 1.77. The van der Waals surface area contributed by atoms with Gasteiger partial charge in [0.2, 0.25) is 5.91 Å². The Kier molecular flexibility index (Phi) is 5.94. The molecule has 0 aromatic heterocycles. The molecule has 0 heterocycles. The van der Waals surface area contributed by atoms with Gasteiger partial charge in [0, 0.05) is 11.8 Å². The van der Waals surface area contributed by atoms with Crippen molar-refractivity contribution in [2.75, 3.05) is 18.1 Å². The summed E-state index contributed by atoms with van der Waals surface area (Å²) in [4.78, 5) is 10.8. The lowest BCUT2D eigenvalue weighted by Crippen LogP contribution is -2.35. The molecule has 0 spiro atoms. The molecular weight excluding hydrogens is 217 g/mol. The fourth-order valence-electron chi connectivity index (χ4n) is 0.587. The highest BCUT2D eigenvalue weighted by atomic mass is 32.2. The quantitative estimate of drug-likeness (QED) is 0.732. The number of hydrogen-bond acceptors (Lipinski definition) is 3. The minimum absolute atomic E-state index is 0.0115. The molecule has 0 bridgehead atoms. The standard InChI is InChI=1S/C7H13F3N2OS/c1-5(11)2-14-3-6(13)12-4-7(8,9)10/h5H,2-4,11H2,1H3,(H,12,13). The predicted octanol–water partition coefficient (Wildman–Crippen LogP) is 0.745. The van der Waals surface area contributed by atoms with E-state index in [0.717, 1.165) is 0 Å². The molecule has 0 saturated heterocycles. The van der Waals surface area contributed by atoms with Gasteiger partial charge in [-0.15, -0.1) is 0 Å². The Morgan fingerprint density at radius 3 is 2.57 bits per heavy atom. The van der Waals surface area contributed by atoms with Crippen molar-refractivity contribution in [2.45, 2.75) is 19.1 Å². The summed E-state index contributed by atoms with van der Waals surface area (Å²) in [6, 6.07) is -0.0598. The SMILES string of the molecule is CC(N)CSCC(=O)NCC(F)(F)F. The molecule has 14 heavy (non-hydrogen) atoms. The number of halogens is 3. The number of alkyl halides is 3. The summed E-state index contributed by atoms with van der Waals surface area (Å²) >= 11 is 1.22. The number of nitrogens with one attached hydrogen (secondary N) is 1. The highest BCUT2D eigenvalue weighted by Gasteiger charge is 2.27. The predicted molar refractivity (Wildman–Crippen MR) is 50.0 cm³/mol. The highest BCUT2D eigenvalue weighted by molar-refractivity contribution is 7.99. The van der Waals surface area contributed by atoms with Gasteiger partial charge in [0.1, 0.15) is 6.54 Å². The van der Waals surface area contributed by atoms with E-state index in [0.29, 0.717) is 5.75 Å². The normalized spacial score (nSPS) is 13.8. The van der Waals surface area contributed by atoms with Crippen LogP contribution in [0.5, 0.6) is 0 Å². The zero-order chi connectivity index (χ0) is 11.2. The van der Waals surface area contributed by atoms with Crippen molar-refractivity contribution in [3.63, 3.8) is 0 Å². The van der Waals surface area contributed by atoms with Gasteiger partial charge < -0.3 is 11.1 Å². The average Bonchev–Trinajstić information content (AvgIpc) is 1.99. The number of rotatable bonds is 5. The van der Waals surface area contributed by atoms with Crippen LogP contribution in [-0.4, -0.2) is 36.2 Å². The second-order valence-electron chi connectivity index (χ2n) is 2.88. The highest BCUT2D eigenvalue weighted by Crippen LogP contribution is 2.12. The number of thioether (sulfide) groups is 1. The van der Waals surface area contributed by atoms with Gasteiger partial charge in [0.15, 0.2) is 0 Å². The number of amides is 1. The van der Waals surface area contributed by atoms with Crippen molar-refractivity contribution in [1.82, 2.24) is 5.32 Å². The smallest absolute Gasteiger partial charge is 0.346 e. The van der Waals surface area contributed by atoms with E-state index < -0.39 is 18.6 Å². The Bertz CT molecular complexity index is 184. The lowest BCUT2D eigenvalue weighted by Gasteiger charge is -2.08. The van der Waals surface area contributed by atoms with Crippen LogP contribution in [0, 0.1) is 0 Å². The Labute approximate surface area is 84.6 Å².